The minimum Gasteiger partial charge on any atom is -0.508 e. The average Bonchev–Trinajstić information content (AvgIpc) is 2.80. The average molecular weight is 439 g/mol. The first-order valence-corrected chi connectivity index (χ1v) is 11.8. The Hall–Kier alpha value is -3.10. The van der Waals surface area contributed by atoms with Gasteiger partial charge < -0.3 is 21.1 Å². The molecule has 0 bridgehead atoms. The van der Waals surface area contributed by atoms with Crippen molar-refractivity contribution in [1.82, 2.24) is 10.6 Å². The maximum Gasteiger partial charge on any atom is 0.193 e. The zero-order valence-corrected chi connectivity index (χ0v) is 17.8. The largest absolute Gasteiger partial charge is 0.508 e. The van der Waals surface area contributed by atoms with Crippen molar-refractivity contribution in [3.63, 3.8) is 0 Å². The summed E-state index contributed by atoms with van der Waals surface area (Å²) < 4.78 is 25.6. The standard InChI is InChI=1S/C23H26N4O3S/c28-20-3-1-2-17(14-20)4-5-18-15-25-23(26-16-18)27-19-6-8-21(9-7-19)31(29,30)22-10-12-24-13-11-22/h1-9,14-16,22-25,27-28H,10-13H2/b5-4+. The third-order valence-corrected chi connectivity index (χ3v) is 7.61. The lowest BCUT2D eigenvalue weighted by molar-refractivity contribution is 0.475. The van der Waals surface area contributed by atoms with E-state index >= 15 is 0 Å². The second-order valence-corrected chi connectivity index (χ2v) is 9.81. The molecule has 2 aliphatic heterocycles. The summed E-state index contributed by atoms with van der Waals surface area (Å²) in [5.74, 6) is 0.227. The van der Waals surface area contributed by atoms with Crippen molar-refractivity contribution in [2.75, 3.05) is 18.4 Å². The summed E-state index contributed by atoms with van der Waals surface area (Å²) in [6.07, 6.45) is 8.36. The van der Waals surface area contributed by atoms with Crippen LogP contribution in [0.1, 0.15) is 18.4 Å². The number of rotatable bonds is 6. The summed E-state index contributed by atoms with van der Waals surface area (Å²) in [7, 11) is -3.30. The maximum atomic E-state index is 12.8. The Balaban J connectivity index is 1.34. The number of anilines is 1. The Morgan fingerprint density at radius 3 is 2.52 bits per heavy atom. The van der Waals surface area contributed by atoms with Gasteiger partial charge in [-0.05, 0) is 67.9 Å². The van der Waals surface area contributed by atoms with E-state index < -0.39 is 9.84 Å². The number of benzene rings is 2. The normalized spacial score (nSPS) is 19.7. The van der Waals surface area contributed by atoms with Crippen molar-refractivity contribution in [3.8, 4) is 5.75 Å². The first-order valence-electron chi connectivity index (χ1n) is 10.3. The van der Waals surface area contributed by atoms with E-state index in [9.17, 15) is 13.5 Å². The zero-order valence-electron chi connectivity index (χ0n) is 17.0. The summed E-state index contributed by atoms with van der Waals surface area (Å²) >= 11 is 0. The van der Waals surface area contributed by atoms with Gasteiger partial charge in [0, 0.05) is 23.7 Å². The fraction of sp³-hybridized carbons (Fsp3) is 0.261. The molecule has 2 aromatic carbocycles. The van der Waals surface area contributed by atoms with Crippen LogP contribution in [0.15, 0.2) is 76.3 Å². The molecule has 8 heteroatoms. The van der Waals surface area contributed by atoms with Crippen LogP contribution in [0, 0.1) is 0 Å². The molecule has 162 valence electrons. The summed E-state index contributed by atoms with van der Waals surface area (Å²) in [5.41, 5.74) is 2.57. The van der Waals surface area contributed by atoms with Crippen LogP contribution in [0.4, 0.5) is 5.69 Å². The number of aromatic hydroxyl groups is 1. The molecule has 0 spiro atoms. The van der Waals surface area contributed by atoms with Gasteiger partial charge >= 0.3 is 0 Å². The highest BCUT2D eigenvalue weighted by atomic mass is 32.2. The molecule has 7 nitrogen and oxygen atoms in total. The molecule has 0 aromatic heterocycles. The van der Waals surface area contributed by atoms with Crippen LogP contribution in [0.25, 0.3) is 6.08 Å². The molecule has 4 rings (SSSR count). The minimum absolute atomic E-state index is 0.227. The molecule has 0 radical (unpaired) electrons. The lowest BCUT2D eigenvalue weighted by atomic mass is 10.1. The predicted octanol–water partition coefficient (Wildman–Crippen LogP) is 2.88. The molecule has 2 heterocycles. The van der Waals surface area contributed by atoms with Crippen LogP contribution < -0.4 is 16.0 Å². The number of piperidine rings is 1. The number of hydrogen-bond acceptors (Lipinski definition) is 7. The second-order valence-electron chi connectivity index (χ2n) is 7.58. The maximum absolute atomic E-state index is 12.8. The number of allylic oxidation sites excluding steroid dienone is 2. The van der Waals surface area contributed by atoms with Crippen molar-refractivity contribution < 1.29 is 13.5 Å². The van der Waals surface area contributed by atoms with Gasteiger partial charge in [-0.25, -0.2) is 13.4 Å². The molecule has 1 saturated heterocycles. The second kappa shape index (κ2) is 9.36. The highest BCUT2D eigenvalue weighted by molar-refractivity contribution is 7.92. The molecule has 2 aliphatic rings. The fourth-order valence-corrected chi connectivity index (χ4v) is 5.36. The van der Waals surface area contributed by atoms with Gasteiger partial charge in [0.05, 0.1) is 10.1 Å². The van der Waals surface area contributed by atoms with E-state index in [2.05, 4.69) is 20.9 Å². The molecule has 0 amide bonds. The van der Waals surface area contributed by atoms with E-state index in [4.69, 9.17) is 0 Å². The molecule has 2 aromatic rings. The summed E-state index contributed by atoms with van der Waals surface area (Å²) in [4.78, 5) is 4.80. The number of hydrogen-bond donors (Lipinski definition) is 4. The van der Waals surface area contributed by atoms with Crippen LogP contribution in [0.2, 0.25) is 0 Å². The number of nitrogens with zero attached hydrogens (tertiary/aromatic N) is 1. The van der Waals surface area contributed by atoms with Gasteiger partial charge in [0.2, 0.25) is 0 Å². The molecule has 1 unspecified atom stereocenters. The third kappa shape index (κ3) is 5.34. The van der Waals surface area contributed by atoms with Crippen molar-refractivity contribution >= 4 is 27.8 Å². The molecule has 1 atom stereocenters. The Labute approximate surface area is 182 Å². The number of aliphatic imine (C=N–C) groups is 1. The molecule has 31 heavy (non-hydrogen) atoms. The van der Waals surface area contributed by atoms with E-state index in [1.54, 1.807) is 48.7 Å². The van der Waals surface area contributed by atoms with Gasteiger partial charge in [0.25, 0.3) is 0 Å². The Bertz CT molecular complexity index is 1100. The van der Waals surface area contributed by atoms with Gasteiger partial charge in [-0.15, -0.1) is 0 Å². The van der Waals surface area contributed by atoms with Crippen molar-refractivity contribution in [3.05, 3.63) is 71.9 Å². The Morgan fingerprint density at radius 2 is 1.84 bits per heavy atom. The van der Waals surface area contributed by atoms with E-state index in [0.717, 1.165) is 29.9 Å². The van der Waals surface area contributed by atoms with E-state index in [-0.39, 0.29) is 17.3 Å². The molecule has 4 N–H and O–H groups in total. The Morgan fingerprint density at radius 1 is 1.06 bits per heavy atom. The molecule has 0 saturated carbocycles. The number of phenolic OH excluding ortho intramolecular Hbond substituents is 1. The lowest BCUT2D eigenvalue weighted by Crippen LogP contribution is -2.35. The quantitative estimate of drug-likeness (QED) is 0.553. The van der Waals surface area contributed by atoms with Gasteiger partial charge in [0.1, 0.15) is 5.75 Å². The predicted molar refractivity (Wildman–Crippen MR) is 124 cm³/mol. The number of nitrogens with one attached hydrogen (secondary N) is 3. The molecular weight excluding hydrogens is 412 g/mol. The highest BCUT2D eigenvalue weighted by Gasteiger charge is 2.28. The van der Waals surface area contributed by atoms with E-state index in [1.165, 1.54) is 0 Å². The minimum atomic E-state index is -3.30. The Kier molecular flexibility index (Phi) is 6.39. The van der Waals surface area contributed by atoms with Gasteiger partial charge in [-0.2, -0.15) is 0 Å². The molecule has 0 aliphatic carbocycles. The van der Waals surface area contributed by atoms with Crippen molar-refractivity contribution in [2.45, 2.75) is 29.3 Å². The van der Waals surface area contributed by atoms with Crippen LogP contribution >= 0.6 is 0 Å². The topological polar surface area (TPSA) is 103 Å². The monoisotopic (exact) mass is 438 g/mol. The number of sulfone groups is 1. The van der Waals surface area contributed by atoms with Crippen LogP contribution in [-0.4, -0.2) is 44.4 Å². The van der Waals surface area contributed by atoms with Crippen molar-refractivity contribution in [2.24, 2.45) is 4.99 Å². The van der Waals surface area contributed by atoms with Crippen LogP contribution in [0.5, 0.6) is 5.75 Å². The third-order valence-electron chi connectivity index (χ3n) is 5.33. The van der Waals surface area contributed by atoms with Crippen LogP contribution in [0.3, 0.4) is 0 Å². The summed E-state index contributed by atoms with van der Waals surface area (Å²) in [5, 5.41) is 18.8. The first-order chi connectivity index (χ1) is 15.0. The fourth-order valence-electron chi connectivity index (χ4n) is 3.60. The zero-order chi connectivity index (χ0) is 21.7. The smallest absolute Gasteiger partial charge is 0.193 e. The van der Waals surface area contributed by atoms with Crippen molar-refractivity contribution in [1.29, 1.82) is 0 Å². The first kappa shape index (κ1) is 21.1. The molecule has 1 fully saturated rings. The van der Waals surface area contributed by atoms with Crippen LogP contribution in [-0.2, 0) is 9.84 Å². The molecular formula is C23H26N4O3S. The summed E-state index contributed by atoms with van der Waals surface area (Å²) in [6.45, 7) is 1.49. The SMILES string of the molecule is O=S(=O)(c1ccc(NC2N=CC(/C=C/c3cccc(O)c3)=CN2)cc1)C1CCNCC1. The highest BCUT2D eigenvalue weighted by Crippen LogP contribution is 2.24. The van der Waals surface area contributed by atoms with E-state index in [1.807, 2.05) is 24.4 Å². The van der Waals surface area contributed by atoms with E-state index in [0.29, 0.717) is 17.7 Å². The number of phenols is 1. The summed E-state index contributed by atoms with van der Waals surface area (Å²) in [6, 6.07) is 13.9. The van der Waals surface area contributed by atoms with Gasteiger partial charge in [-0.1, -0.05) is 24.3 Å². The van der Waals surface area contributed by atoms with Gasteiger partial charge in [-0.3, -0.25) is 0 Å². The lowest BCUT2D eigenvalue weighted by Gasteiger charge is -2.23. The van der Waals surface area contributed by atoms with Gasteiger partial charge in [0.15, 0.2) is 16.1 Å².